The van der Waals surface area contributed by atoms with Crippen molar-refractivity contribution in [2.75, 3.05) is 13.7 Å². The number of hydrogen-bond donors (Lipinski definition) is 1. The van der Waals surface area contributed by atoms with Crippen LogP contribution in [0.5, 0.6) is 0 Å². The molecule has 1 aliphatic rings. The van der Waals surface area contributed by atoms with Gasteiger partial charge in [-0.15, -0.1) is 0 Å². The molecule has 0 saturated carbocycles. The van der Waals surface area contributed by atoms with Crippen LogP contribution in [-0.4, -0.2) is 24.7 Å². The summed E-state index contributed by atoms with van der Waals surface area (Å²) in [5, 5.41) is 4.52. The van der Waals surface area contributed by atoms with Crippen molar-refractivity contribution in [1.82, 2.24) is 10.3 Å². The van der Waals surface area contributed by atoms with Gasteiger partial charge in [0.1, 0.15) is 6.10 Å². The minimum atomic E-state index is 0.126. The second-order valence-electron chi connectivity index (χ2n) is 4.80. The molecule has 2 heterocycles. The molecule has 1 aromatic heterocycles. The monoisotopic (exact) mass is 242 g/mol. The number of nitrogens with zero attached hydrogens (tertiary/aromatic N) is 1. The number of rotatable bonds is 2. The fraction of sp³-hybridized carbons (Fsp3) is 0.400. The van der Waals surface area contributed by atoms with Crippen molar-refractivity contribution in [2.45, 2.75) is 25.0 Å². The molecule has 3 rings (SSSR count). The topological polar surface area (TPSA) is 34.1 Å². The van der Waals surface area contributed by atoms with Crippen LogP contribution in [0.4, 0.5) is 0 Å². The molecule has 0 aliphatic carbocycles. The molecule has 2 atom stereocenters. The first kappa shape index (κ1) is 11.6. The molecule has 1 fully saturated rings. The van der Waals surface area contributed by atoms with Crippen molar-refractivity contribution in [3.05, 3.63) is 42.1 Å². The lowest BCUT2D eigenvalue weighted by atomic mass is 10.0. The third-order valence-corrected chi connectivity index (χ3v) is 3.64. The molecule has 0 amide bonds. The summed E-state index contributed by atoms with van der Waals surface area (Å²) in [5.41, 5.74) is 2.10. The highest BCUT2D eigenvalue weighted by atomic mass is 16.5. The smallest absolute Gasteiger partial charge is 0.101 e. The van der Waals surface area contributed by atoms with Crippen LogP contribution in [0.15, 0.2) is 36.4 Å². The number of nitrogens with one attached hydrogen (secondary N) is 1. The second kappa shape index (κ2) is 5.04. The lowest BCUT2D eigenvalue weighted by Gasteiger charge is -2.29. The van der Waals surface area contributed by atoms with Crippen LogP contribution in [0.1, 0.15) is 24.6 Å². The maximum atomic E-state index is 5.84. The maximum absolute atomic E-state index is 5.84. The first-order valence-electron chi connectivity index (χ1n) is 6.51. The van der Waals surface area contributed by atoms with Crippen LogP contribution in [0.2, 0.25) is 0 Å². The molecular formula is C15H18N2O. The number of hydrogen-bond acceptors (Lipinski definition) is 3. The molecule has 3 nitrogen and oxygen atoms in total. The second-order valence-corrected chi connectivity index (χ2v) is 4.80. The summed E-state index contributed by atoms with van der Waals surface area (Å²) < 4.78 is 5.84. The van der Waals surface area contributed by atoms with Crippen LogP contribution in [0.25, 0.3) is 10.9 Å². The summed E-state index contributed by atoms with van der Waals surface area (Å²) in [5.74, 6) is 0. The number of para-hydroxylation sites is 1. The number of benzene rings is 1. The van der Waals surface area contributed by atoms with Gasteiger partial charge in [0.2, 0.25) is 0 Å². The first-order valence-corrected chi connectivity index (χ1v) is 6.51. The highest BCUT2D eigenvalue weighted by molar-refractivity contribution is 5.78. The molecule has 3 heteroatoms. The highest BCUT2D eigenvalue weighted by Gasteiger charge is 2.23. The molecule has 2 unspecified atom stereocenters. The number of fused-ring (bicyclic) bond motifs is 1. The number of ether oxygens (including phenoxy) is 1. The van der Waals surface area contributed by atoms with Gasteiger partial charge in [0.25, 0.3) is 0 Å². The summed E-state index contributed by atoms with van der Waals surface area (Å²) >= 11 is 0. The standard InChI is InChI=1S/C15H18N2O/c1-16-12-8-9-18-15(10-12)14-7-6-11-4-2-3-5-13(11)17-14/h2-7,12,15-16H,8-10H2,1H3. The van der Waals surface area contributed by atoms with Gasteiger partial charge < -0.3 is 10.1 Å². The summed E-state index contributed by atoms with van der Waals surface area (Å²) in [4.78, 5) is 4.71. The summed E-state index contributed by atoms with van der Waals surface area (Å²) in [7, 11) is 2.01. The Hall–Kier alpha value is -1.45. The van der Waals surface area contributed by atoms with Gasteiger partial charge in [-0.05, 0) is 32.0 Å². The van der Waals surface area contributed by atoms with Gasteiger partial charge in [-0.2, -0.15) is 0 Å². The molecule has 1 aliphatic heterocycles. The van der Waals surface area contributed by atoms with Gasteiger partial charge in [-0.3, -0.25) is 4.98 Å². The minimum absolute atomic E-state index is 0.126. The van der Waals surface area contributed by atoms with Crippen molar-refractivity contribution in [3.63, 3.8) is 0 Å². The molecule has 1 saturated heterocycles. The van der Waals surface area contributed by atoms with Crippen molar-refractivity contribution < 1.29 is 4.74 Å². The van der Waals surface area contributed by atoms with Crippen molar-refractivity contribution in [3.8, 4) is 0 Å². The normalized spacial score (nSPS) is 24.3. The van der Waals surface area contributed by atoms with Crippen LogP contribution in [-0.2, 0) is 4.74 Å². The van der Waals surface area contributed by atoms with Gasteiger partial charge in [0.05, 0.1) is 11.2 Å². The highest BCUT2D eigenvalue weighted by Crippen LogP contribution is 2.27. The minimum Gasteiger partial charge on any atom is -0.372 e. The van der Waals surface area contributed by atoms with E-state index in [0.29, 0.717) is 6.04 Å². The molecule has 1 aromatic carbocycles. The van der Waals surface area contributed by atoms with Crippen LogP contribution in [0.3, 0.4) is 0 Å². The zero-order valence-corrected chi connectivity index (χ0v) is 10.6. The SMILES string of the molecule is CNC1CCOC(c2ccc3ccccc3n2)C1. The lowest BCUT2D eigenvalue weighted by Crippen LogP contribution is -2.33. The predicted molar refractivity (Wildman–Crippen MR) is 72.5 cm³/mol. The molecule has 18 heavy (non-hydrogen) atoms. The van der Waals surface area contributed by atoms with Crippen LogP contribution in [0, 0.1) is 0 Å². The molecule has 94 valence electrons. The zero-order valence-electron chi connectivity index (χ0n) is 10.6. The Morgan fingerprint density at radius 2 is 2.11 bits per heavy atom. The fourth-order valence-electron chi connectivity index (χ4n) is 2.53. The third-order valence-electron chi connectivity index (χ3n) is 3.64. The van der Waals surface area contributed by atoms with E-state index in [1.54, 1.807) is 0 Å². The van der Waals surface area contributed by atoms with E-state index in [4.69, 9.17) is 9.72 Å². The number of aromatic nitrogens is 1. The molecule has 0 spiro atoms. The van der Waals surface area contributed by atoms with E-state index in [1.807, 2.05) is 19.2 Å². The summed E-state index contributed by atoms with van der Waals surface area (Å²) in [6.45, 7) is 0.810. The quantitative estimate of drug-likeness (QED) is 0.879. The Bertz CT molecular complexity index is 541. The Morgan fingerprint density at radius 3 is 3.00 bits per heavy atom. The van der Waals surface area contributed by atoms with Crippen molar-refractivity contribution >= 4 is 10.9 Å². The Morgan fingerprint density at radius 1 is 1.22 bits per heavy atom. The predicted octanol–water partition coefficient (Wildman–Crippen LogP) is 2.67. The van der Waals surface area contributed by atoms with Crippen molar-refractivity contribution in [1.29, 1.82) is 0 Å². The first-order chi connectivity index (χ1) is 8.86. The lowest BCUT2D eigenvalue weighted by molar-refractivity contribution is -0.000760. The van der Waals surface area contributed by atoms with Gasteiger partial charge in [0.15, 0.2) is 0 Å². The van der Waals surface area contributed by atoms with Gasteiger partial charge in [-0.25, -0.2) is 0 Å². The fourth-order valence-corrected chi connectivity index (χ4v) is 2.53. The molecule has 0 bridgehead atoms. The van der Waals surface area contributed by atoms with Gasteiger partial charge in [0, 0.05) is 18.0 Å². The Kier molecular flexibility index (Phi) is 3.26. The molecular weight excluding hydrogens is 224 g/mol. The van der Waals surface area contributed by atoms with Crippen molar-refractivity contribution in [2.24, 2.45) is 0 Å². The summed E-state index contributed by atoms with van der Waals surface area (Å²) in [6, 6.07) is 13.0. The average Bonchev–Trinajstić information content (AvgIpc) is 2.47. The van der Waals surface area contributed by atoms with E-state index in [-0.39, 0.29) is 6.10 Å². The van der Waals surface area contributed by atoms with E-state index >= 15 is 0 Å². The van der Waals surface area contributed by atoms with E-state index in [1.165, 1.54) is 5.39 Å². The largest absolute Gasteiger partial charge is 0.372 e. The zero-order chi connectivity index (χ0) is 12.4. The third kappa shape index (κ3) is 2.24. The maximum Gasteiger partial charge on any atom is 0.101 e. The van der Waals surface area contributed by atoms with E-state index < -0.39 is 0 Å². The average molecular weight is 242 g/mol. The Labute approximate surface area is 107 Å². The number of pyridine rings is 1. The van der Waals surface area contributed by atoms with Crippen LogP contribution >= 0.6 is 0 Å². The molecule has 0 radical (unpaired) electrons. The van der Waals surface area contributed by atoms with E-state index in [2.05, 4.69) is 29.6 Å². The van der Waals surface area contributed by atoms with Gasteiger partial charge in [-0.1, -0.05) is 24.3 Å². The van der Waals surface area contributed by atoms with Gasteiger partial charge >= 0.3 is 0 Å². The summed E-state index contributed by atoms with van der Waals surface area (Å²) in [6.07, 6.45) is 2.21. The molecule has 2 aromatic rings. The Balaban J connectivity index is 1.89. The van der Waals surface area contributed by atoms with E-state index in [9.17, 15) is 0 Å². The van der Waals surface area contributed by atoms with E-state index in [0.717, 1.165) is 30.7 Å². The van der Waals surface area contributed by atoms with Crippen LogP contribution < -0.4 is 5.32 Å². The molecule has 1 N–H and O–H groups in total.